The predicted molar refractivity (Wildman–Crippen MR) is 90.9 cm³/mol. The average molecular weight is 335 g/mol. The van der Waals surface area contributed by atoms with Crippen LogP contribution in [0.5, 0.6) is 0 Å². The highest BCUT2D eigenvalue weighted by molar-refractivity contribution is 7.89. The highest BCUT2D eigenvalue weighted by atomic mass is 32.2. The molecule has 1 saturated heterocycles. The average Bonchev–Trinajstić information content (AvgIpc) is 2.87. The Morgan fingerprint density at radius 1 is 1.26 bits per heavy atom. The summed E-state index contributed by atoms with van der Waals surface area (Å²) >= 11 is 0. The largest absolute Gasteiger partial charge is 0.391 e. The third kappa shape index (κ3) is 3.17. The topological polar surface area (TPSA) is 73.7 Å². The Balaban J connectivity index is 1.86. The van der Waals surface area contributed by atoms with Crippen LogP contribution < -0.4 is 4.90 Å². The zero-order valence-electron chi connectivity index (χ0n) is 13.3. The van der Waals surface area contributed by atoms with Crippen LogP contribution in [0.4, 0.5) is 5.69 Å². The van der Waals surface area contributed by atoms with Gasteiger partial charge in [0.2, 0.25) is 10.0 Å². The second-order valence-corrected chi connectivity index (χ2v) is 8.37. The number of aliphatic hydroxyl groups excluding tert-OH is 1. The molecule has 124 valence electrons. The van der Waals surface area contributed by atoms with E-state index in [4.69, 9.17) is 0 Å². The number of pyridine rings is 1. The van der Waals surface area contributed by atoms with Gasteiger partial charge in [-0.2, -0.15) is 0 Å². The SMILES string of the molecule is CN(C)S(=O)(=O)CC1CN(c2ccnc3ccccc23)CC1O. The van der Waals surface area contributed by atoms with Crippen molar-refractivity contribution in [2.24, 2.45) is 5.92 Å². The molecule has 1 aromatic heterocycles. The first kappa shape index (κ1) is 16.2. The van der Waals surface area contributed by atoms with E-state index in [9.17, 15) is 13.5 Å². The van der Waals surface area contributed by atoms with Crippen LogP contribution in [0, 0.1) is 5.92 Å². The van der Waals surface area contributed by atoms with E-state index in [-0.39, 0.29) is 11.7 Å². The van der Waals surface area contributed by atoms with Crippen molar-refractivity contribution in [3.8, 4) is 0 Å². The van der Waals surface area contributed by atoms with E-state index in [0.717, 1.165) is 16.6 Å². The van der Waals surface area contributed by atoms with Crippen molar-refractivity contribution in [3.63, 3.8) is 0 Å². The van der Waals surface area contributed by atoms with Gasteiger partial charge in [-0.05, 0) is 12.1 Å². The van der Waals surface area contributed by atoms with E-state index >= 15 is 0 Å². The lowest BCUT2D eigenvalue weighted by atomic mass is 10.1. The Morgan fingerprint density at radius 2 is 2.00 bits per heavy atom. The number of β-amino-alcohol motifs (C(OH)–C–C–N with tert-alkyl or cyclic N) is 1. The van der Waals surface area contributed by atoms with E-state index in [2.05, 4.69) is 4.98 Å². The predicted octanol–water partition coefficient (Wildman–Crippen LogP) is 0.923. The van der Waals surface area contributed by atoms with Gasteiger partial charge in [-0.1, -0.05) is 18.2 Å². The molecule has 0 amide bonds. The molecule has 1 aliphatic rings. The second kappa shape index (κ2) is 6.07. The first-order valence-electron chi connectivity index (χ1n) is 7.55. The van der Waals surface area contributed by atoms with Crippen LogP contribution in [0.2, 0.25) is 0 Å². The van der Waals surface area contributed by atoms with Crippen LogP contribution in [-0.4, -0.2) is 61.9 Å². The van der Waals surface area contributed by atoms with Crippen molar-refractivity contribution in [2.45, 2.75) is 6.10 Å². The van der Waals surface area contributed by atoms with Gasteiger partial charge >= 0.3 is 0 Å². The number of fused-ring (bicyclic) bond motifs is 1. The summed E-state index contributed by atoms with van der Waals surface area (Å²) in [5.74, 6) is -0.338. The highest BCUT2D eigenvalue weighted by Crippen LogP contribution is 2.30. The molecule has 0 spiro atoms. The van der Waals surface area contributed by atoms with Crippen LogP contribution >= 0.6 is 0 Å². The number of hydrogen-bond acceptors (Lipinski definition) is 5. The van der Waals surface area contributed by atoms with Gasteiger partial charge in [0.15, 0.2) is 0 Å². The summed E-state index contributed by atoms with van der Waals surface area (Å²) in [4.78, 5) is 6.39. The molecule has 1 aromatic carbocycles. The van der Waals surface area contributed by atoms with Crippen molar-refractivity contribution in [3.05, 3.63) is 36.5 Å². The molecule has 6 nitrogen and oxygen atoms in total. The first-order chi connectivity index (χ1) is 10.9. The Hall–Kier alpha value is -1.70. The van der Waals surface area contributed by atoms with Crippen LogP contribution in [0.25, 0.3) is 10.9 Å². The first-order valence-corrected chi connectivity index (χ1v) is 9.16. The van der Waals surface area contributed by atoms with Crippen LogP contribution in [-0.2, 0) is 10.0 Å². The third-order valence-corrected chi connectivity index (χ3v) is 6.32. The number of aliphatic hydroxyl groups is 1. The molecule has 0 bridgehead atoms. The fraction of sp³-hybridized carbons (Fsp3) is 0.438. The minimum Gasteiger partial charge on any atom is -0.391 e. The molecule has 3 rings (SSSR count). The number of nitrogens with zero attached hydrogens (tertiary/aromatic N) is 3. The summed E-state index contributed by atoms with van der Waals surface area (Å²) in [6.07, 6.45) is 1.09. The van der Waals surface area contributed by atoms with E-state index in [1.54, 1.807) is 6.20 Å². The maximum Gasteiger partial charge on any atom is 0.214 e. The maximum atomic E-state index is 12.1. The lowest BCUT2D eigenvalue weighted by molar-refractivity contribution is 0.157. The van der Waals surface area contributed by atoms with Crippen LogP contribution in [0.3, 0.4) is 0 Å². The summed E-state index contributed by atoms with van der Waals surface area (Å²) in [5.41, 5.74) is 1.88. The molecule has 1 fully saturated rings. The van der Waals surface area contributed by atoms with Gasteiger partial charge in [0.25, 0.3) is 0 Å². The third-order valence-electron chi connectivity index (χ3n) is 4.35. The van der Waals surface area contributed by atoms with Gasteiger partial charge in [-0.15, -0.1) is 0 Å². The Kier molecular flexibility index (Phi) is 4.27. The number of rotatable bonds is 4. The van der Waals surface area contributed by atoms with Crippen molar-refractivity contribution < 1.29 is 13.5 Å². The molecule has 0 saturated carbocycles. The number of benzene rings is 1. The van der Waals surface area contributed by atoms with E-state index in [0.29, 0.717) is 13.1 Å². The van der Waals surface area contributed by atoms with Gasteiger partial charge in [0, 0.05) is 50.4 Å². The van der Waals surface area contributed by atoms with Gasteiger partial charge in [0.05, 0.1) is 17.4 Å². The highest BCUT2D eigenvalue weighted by Gasteiger charge is 2.35. The zero-order valence-corrected chi connectivity index (χ0v) is 14.1. The Labute approximate surface area is 136 Å². The number of sulfonamides is 1. The lowest BCUT2D eigenvalue weighted by Gasteiger charge is -2.20. The molecule has 2 atom stereocenters. The second-order valence-electron chi connectivity index (χ2n) is 6.14. The van der Waals surface area contributed by atoms with Crippen LogP contribution in [0.15, 0.2) is 36.5 Å². The normalized spacial score (nSPS) is 22.2. The summed E-state index contributed by atoms with van der Waals surface area (Å²) in [7, 11) is -0.291. The van der Waals surface area contributed by atoms with Crippen molar-refractivity contribution >= 4 is 26.6 Å². The molecule has 1 aliphatic heterocycles. The quantitative estimate of drug-likeness (QED) is 0.899. The molecule has 1 N–H and O–H groups in total. The van der Waals surface area contributed by atoms with E-state index in [1.165, 1.54) is 18.4 Å². The van der Waals surface area contributed by atoms with Gasteiger partial charge in [0.1, 0.15) is 0 Å². The molecule has 2 unspecified atom stereocenters. The van der Waals surface area contributed by atoms with Crippen molar-refractivity contribution in [1.82, 2.24) is 9.29 Å². The summed E-state index contributed by atoms with van der Waals surface area (Å²) in [6.45, 7) is 0.948. The number of anilines is 1. The van der Waals surface area contributed by atoms with Crippen molar-refractivity contribution in [2.75, 3.05) is 37.8 Å². The number of aromatic nitrogens is 1. The summed E-state index contributed by atoms with van der Waals surface area (Å²) in [6, 6.07) is 9.74. The molecule has 2 heterocycles. The minimum atomic E-state index is -3.33. The molecular weight excluding hydrogens is 314 g/mol. The molecular formula is C16H21N3O3S. The summed E-state index contributed by atoms with van der Waals surface area (Å²) < 4.78 is 25.4. The fourth-order valence-corrected chi connectivity index (χ4v) is 4.16. The molecule has 2 aromatic rings. The summed E-state index contributed by atoms with van der Waals surface area (Å²) in [5, 5.41) is 11.3. The minimum absolute atomic E-state index is 0.0410. The fourth-order valence-electron chi connectivity index (χ4n) is 2.99. The Morgan fingerprint density at radius 3 is 2.74 bits per heavy atom. The molecule has 0 aliphatic carbocycles. The molecule has 0 radical (unpaired) electrons. The molecule has 23 heavy (non-hydrogen) atoms. The van der Waals surface area contributed by atoms with Crippen molar-refractivity contribution in [1.29, 1.82) is 0 Å². The Bertz CT molecular complexity index is 802. The van der Waals surface area contributed by atoms with Gasteiger partial charge < -0.3 is 10.0 Å². The monoisotopic (exact) mass is 335 g/mol. The van der Waals surface area contributed by atoms with Crippen LogP contribution in [0.1, 0.15) is 0 Å². The van der Waals surface area contributed by atoms with E-state index in [1.807, 2.05) is 35.2 Å². The van der Waals surface area contributed by atoms with E-state index < -0.39 is 16.1 Å². The maximum absolute atomic E-state index is 12.1. The van der Waals surface area contributed by atoms with Gasteiger partial charge in [-0.3, -0.25) is 4.98 Å². The van der Waals surface area contributed by atoms with Gasteiger partial charge in [-0.25, -0.2) is 12.7 Å². The number of para-hydroxylation sites is 1. The standard InChI is InChI=1S/C16H21N3O3S/c1-18(2)23(21,22)11-12-9-19(10-16(12)20)15-7-8-17-14-6-4-3-5-13(14)15/h3-8,12,16,20H,9-11H2,1-2H3. The zero-order chi connectivity index (χ0) is 16.6. The lowest BCUT2D eigenvalue weighted by Crippen LogP contribution is -2.33. The smallest absolute Gasteiger partial charge is 0.214 e. The number of hydrogen-bond donors (Lipinski definition) is 1. The molecule has 7 heteroatoms.